The summed E-state index contributed by atoms with van der Waals surface area (Å²) in [7, 11) is 0. The Morgan fingerprint density at radius 1 is 0.892 bits per heavy atom. The first kappa shape index (κ1) is 23.3. The Labute approximate surface area is 206 Å². The van der Waals surface area contributed by atoms with Gasteiger partial charge in [0.1, 0.15) is 23.3 Å². The van der Waals surface area contributed by atoms with E-state index in [0.29, 0.717) is 9.96 Å². The lowest BCUT2D eigenvalue weighted by molar-refractivity contribution is 0.102. The number of benzene rings is 3. The molecule has 0 aliphatic carbocycles. The third-order valence-electron chi connectivity index (χ3n) is 5.52. The number of hydrogen-bond donors (Lipinski definition) is 2. The first-order valence-corrected chi connectivity index (χ1v) is 10.7. The lowest BCUT2D eigenvalue weighted by Crippen LogP contribution is -2.32. The quantitative estimate of drug-likeness (QED) is 0.391. The van der Waals surface area contributed by atoms with Gasteiger partial charge in [0.25, 0.3) is 17.0 Å². The molecule has 5 aromatic rings. The van der Waals surface area contributed by atoms with Gasteiger partial charge in [0.05, 0.1) is 11.4 Å². The number of amides is 1. The van der Waals surface area contributed by atoms with Gasteiger partial charge in [-0.15, -0.1) is 0 Å². The van der Waals surface area contributed by atoms with Crippen LogP contribution in [0.4, 0.5) is 14.5 Å². The van der Waals surface area contributed by atoms with Gasteiger partial charge in [-0.25, -0.2) is 23.3 Å². The van der Waals surface area contributed by atoms with Crippen LogP contribution in [0.5, 0.6) is 0 Å². The molecule has 0 saturated carbocycles. The van der Waals surface area contributed by atoms with E-state index in [1.165, 1.54) is 36.4 Å². The van der Waals surface area contributed by atoms with Crippen LogP contribution in [-0.2, 0) is 0 Å². The summed E-state index contributed by atoms with van der Waals surface area (Å²) < 4.78 is 27.2. The van der Waals surface area contributed by atoms with Crippen molar-refractivity contribution in [3.63, 3.8) is 0 Å². The fourth-order valence-electron chi connectivity index (χ4n) is 3.73. The number of para-hydroxylation sites is 1. The van der Waals surface area contributed by atoms with Crippen LogP contribution in [0.2, 0.25) is 0 Å². The fraction of sp³-hybridized carbons (Fsp3) is 0. The Bertz CT molecular complexity index is 1840. The number of carbonyl (C=O) groups excluding carboxylic acids is 1. The summed E-state index contributed by atoms with van der Waals surface area (Å²) in [5, 5.41) is 18.9. The average molecular weight is 496 g/mol. The number of nitriles is 1. The van der Waals surface area contributed by atoms with Gasteiger partial charge in [0.15, 0.2) is 5.69 Å². The molecule has 3 aromatic carbocycles. The minimum absolute atomic E-state index is 0.0374. The highest BCUT2D eigenvalue weighted by molar-refractivity contribution is 6.06. The third-order valence-corrected chi connectivity index (χ3v) is 5.52. The normalized spacial score (nSPS) is 10.7. The summed E-state index contributed by atoms with van der Waals surface area (Å²) in [6.45, 7) is 0. The first-order valence-electron chi connectivity index (χ1n) is 10.7. The number of H-pyrrole nitrogens is 1. The van der Waals surface area contributed by atoms with E-state index in [1.807, 2.05) is 0 Å². The second-order valence-corrected chi connectivity index (χ2v) is 7.80. The maximum atomic E-state index is 13.4. The van der Waals surface area contributed by atoms with Gasteiger partial charge in [0, 0.05) is 16.7 Å². The Kier molecular flexibility index (Phi) is 5.83. The molecule has 0 aliphatic heterocycles. The molecule has 37 heavy (non-hydrogen) atoms. The van der Waals surface area contributed by atoms with Crippen molar-refractivity contribution in [3.05, 3.63) is 116 Å². The molecule has 5 rings (SSSR count). The van der Waals surface area contributed by atoms with Gasteiger partial charge in [-0.3, -0.25) is 14.4 Å². The summed E-state index contributed by atoms with van der Waals surface area (Å²) in [6, 6.07) is 18.0. The zero-order valence-electron chi connectivity index (χ0n) is 18.7. The summed E-state index contributed by atoms with van der Waals surface area (Å²) >= 11 is 0. The van der Waals surface area contributed by atoms with Crippen molar-refractivity contribution in [3.8, 4) is 28.6 Å². The Hall–Kier alpha value is -5.50. The average Bonchev–Trinajstić information content (AvgIpc) is 2.90. The van der Waals surface area contributed by atoms with Crippen LogP contribution >= 0.6 is 0 Å². The molecule has 9 nitrogen and oxygen atoms in total. The minimum atomic E-state index is -0.940. The SMILES string of the molecule is N#Cc1c(-c2ccc(F)cc2)nc2[nH]nc(-c3ccccc3NC(=O)c3ccc(F)cc3)c(=O)n2c1=O. The van der Waals surface area contributed by atoms with E-state index in [9.17, 15) is 28.4 Å². The number of aromatic nitrogens is 4. The monoisotopic (exact) mass is 496 g/mol. The molecule has 0 aliphatic rings. The van der Waals surface area contributed by atoms with Crippen LogP contribution in [0.25, 0.3) is 28.3 Å². The van der Waals surface area contributed by atoms with E-state index in [1.54, 1.807) is 18.2 Å². The molecule has 0 radical (unpaired) electrons. The zero-order valence-corrected chi connectivity index (χ0v) is 18.7. The molecule has 180 valence electrons. The number of aromatic amines is 1. The zero-order chi connectivity index (χ0) is 26.1. The number of fused-ring (bicyclic) bond motifs is 1. The van der Waals surface area contributed by atoms with Crippen LogP contribution in [0.1, 0.15) is 15.9 Å². The van der Waals surface area contributed by atoms with Crippen LogP contribution in [0.15, 0.2) is 82.4 Å². The van der Waals surface area contributed by atoms with E-state index in [0.717, 1.165) is 24.3 Å². The number of nitrogens with zero attached hydrogens (tertiary/aromatic N) is 4. The second-order valence-electron chi connectivity index (χ2n) is 7.80. The van der Waals surface area contributed by atoms with Crippen molar-refractivity contribution in [2.45, 2.75) is 0 Å². The molecule has 0 atom stereocenters. The highest BCUT2D eigenvalue weighted by Gasteiger charge is 2.20. The number of carbonyl (C=O) groups is 1. The van der Waals surface area contributed by atoms with Crippen molar-refractivity contribution in [2.24, 2.45) is 0 Å². The van der Waals surface area contributed by atoms with Crippen LogP contribution < -0.4 is 16.4 Å². The highest BCUT2D eigenvalue weighted by atomic mass is 19.1. The molecule has 2 heterocycles. The molecule has 0 fully saturated rings. The van der Waals surface area contributed by atoms with Gasteiger partial charge in [-0.1, -0.05) is 18.2 Å². The van der Waals surface area contributed by atoms with Crippen molar-refractivity contribution in [1.82, 2.24) is 19.6 Å². The van der Waals surface area contributed by atoms with Crippen molar-refractivity contribution in [2.75, 3.05) is 5.32 Å². The molecule has 11 heteroatoms. The maximum absolute atomic E-state index is 13.4. The summed E-state index contributed by atoms with van der Waals surface area (Å²) in [5.41, 5.74) is -1.60. The predicted octanol–water partition coefficient (Wildman–Crippen LogP) is 3.51. The Balaban J connectivity index is 1.63. The smallest absolute Gasteiger partial charge is 0.288 e. The fourth-order valence-corrected chi connectivity index (χ4v) is 3.73. The molecule has 0 bridgehead atoms. The van der Waals surface area contributed by atoms with Gasteiger partial charge in [-0.2, -0.15) is 10.4 Å². The largest absolute Gasteiger partial charge is 0.321 e. The number of nitrogens with one attached hydrogen (secondary N) is 2. The molecular weight excluding hydrogens is 482 g/mol. The topological polar surface area (TPSA) is 133 Å². The van der Waals surface area contributed by atoms with Crippen LogP contribution in [-0.4, -0.2) is 25.5 Å². The van der Waals surface area contributed by atoms with Gasteiger partial charge in [-0.05, 0) is 54.6 Å². The van der Waals surface area contributed by atoms with Crippen LogP contribution in [0.3, 0.4) is 0 Å². The van der Waals surface area contributed by atoms with Crippen molar-refractivity contribution in [1.29, 1.82) is 5.26 Å². The minimum Gasteiger partial charge on any atom is -0.321 e. The van der Waals surface area contributed by atoms with Gasteiger partial charge < -0.3 is 5.32 Å². The van der Waals surface area contributed by atoms with Crippen LogP contribution in [0, 0.1) is 23.0 Å². The molecule has 2 N–H and O–H groups in total. The Morgan fingerprint density at radius 2 is 1.54 bits per heavy atom. The van der Waals surface area contributed by atoms with E-state index < -0.39 is 34.2 Å². The molecule has 0 saturated heterocycles. The summed E-state index contributed by atoms with van der Waals surface area (Å²) in [4.78, 5) is 43.5. The van der Waals surface area contributed by atoms with Gasteiger partial charge >= 0.3 is 0 Å². The van der Waals surface area contributed by atoms with Gasteiger partial charge in [0.2, 0.25) is 5.78 Å². The summed E-state index contributed by atoms with van der Waals surface area (Å²) in [5.74, 6) is -1.80. The number of hydrogen-bond acceptors (Lipinski definition) is 6. The van der Waals surface area contributed by atoms with E-state index >= 15 is 0 Å². The maximum Gasteiger partial charge on any atom is 0.288 e. The van der Waals surface area contributed by atoms with E-state index in [-0.39, 0.29) is 34.0 Å². The second kappa shape index (κ2) is 9.27. The lowest BCUT2D eigenvalue weighted by atomic mass is 10.1. The number of halogens is 2. The van der Waals surface area contributed by atoms with E-state index in [2.05, 4.69) is 20.5 Å². The molecule has 0 spiro atoms. The third kappa shape index (κ3) is 4.23. The van der Waals surface area contributed by atoms with Crippen molar-refractivity contribution < 1.29 is 13.6 Å². The summed E-state index contributed by atoms with van der Waals surface area (Å²) in [6.07, 6.45) is 0. The lowest BCUT2D eigenvalue weighted by Gasteiger charge is -2.11. The van der Waals surface area contributed by atoms with E-state index in [4.69, 9.17) is 0 Å². The highest BCUT2D eigenvalue weighted by Crippen LogP contribution is 2.25. The molecule has 0 unspecified atom stereocenters. The number of rotatable bonds is 4. The standard InChI is InChI=1S/C26H14F2N6O3/c27-16-9-5-14(6-10-16)21-19(13-29)24(36)34-25(37)22(32-33-26(34)31-21)18-3-1-2-4-20(18)30-23(35)15-7-11-17(28)12-8-15/h1-12H,(H,30,35)(H,31,33). The molecule has 1 amide bonds. The molecule has 2 aromatic heterocycles. The first-order chi connectivity index (χ1) is 17.9. The van der Waals surface area contributed by atoms with Crippen molar-refractivity contribution >= 4 is 17.4 Å². The Morgan fingerprint density at radius 3 is 2.22 bits per heavy atom. The number of anilines is 1. The predicted molar refractivity (Wildman–Crippen MR) is 130 cm³/mol. The molecular formula is C26H14F2N6O3.